The number of hydrogen-bond donors (Lipinski definition) is 1. The predicted molar refractivity (Wildman–Crippen MR) is 55.8 cm³/mol. The Hall–Kier alpha value is -0.980. The summed E-state index contributed by atoms with van der Waals surface area (Å²) in [4.78, 5) is 4.28. The highest BCUT2D eigenvalue weighted by molar-refractivity contribution is 4.96. The van der Waals surface area contributed by atoms with Crippen LogP contribution in [0.4, 0.5) is 0 Å². The lowest BCUT2D eigenvalue weighted by atomic mass is 10.2. The van der Waals surface area contributed by atoms with E-state index in [1.807, 2.05) is 0 Å². The molecule has 1 aliphatic heterocycles. The second-order valence-corrected chi connectivity index (χ2v) is 3.74. The fourth-order valence-corrected chi connectivity index (χ4v) is 1.67. The summed E-state index contributed by atoms with van der Waals surface area (Å²) in [5.41, 5.74) is 0. The number of nitrogens with one attached hydrogen (secondary N) is 1. The second kappa shape index (κ2) is 5.93. The minimum Gasteiger partial charge on any atom is -0.382 e. The van der Waals surface area contributed by atoms with E-state index in [2.05, 4.69) is 15.5 Å². The van der Waals surface area contributed by atoms with Crippen molar-refractivity contribution in [3.8, 4) is 0 Å². The SMILES string of the molecule is COCCOCc1nc(C2CCCN2)no1. The van der Waals surface area contributed by atoms with Crippen LogP contribution in [-0.4, -0.2) is 37.0 Å². The van der Waals surface area contributed by atoms with Crippen molar-refractivity contribution in [3.05, 3.63) is 11.7 Å². The van der Waals surface area contributed by atoms with Gasteiger partial charge in [-0.05, 0) is 19.4 Å². The number of hydrogen-bond acceptors (Lipinski definition) is 6. The van der Waals surface area contributed by atoms with Gasteiger partial charge in [-0.1, -0.05) is 5.16 Å². The molecule has 0 saturated carbocycles. The first-order valence-corrected chi connectivity index (χ1v) is 5.52. The fourth-order valence-electron chi connectivity index (χ4n) is 1.67. The molecule has 0 spiro atoms. The average molecular weight is 227 g/mol. The van der Waals surface area contributed by atoms with E-state index in [9.17, 15) is 0 Å². The maximum Gasteiger partial charge on any atom is 0.252 e. The van der Waals surface area contributed by atoms with Gasteiger partial charge in [-0.25, -0.2) is 0 Å². The Morgan fingerprint density at radius 1 is 1.50 bits per heavy atom. The summed E-state index contributed by atoms with van der Waals surface area (Å²) in [6.07, 6.45) is 2.24. The highest BCUT2D eigenvalue weighted by Crippen LogP contribution is 2.20. The Balaban J connectivity index is 1.77. The van der Waals surface area contributed by atoms with Crippen LogP contribution in [-0.2, 0) is 16.1 Å². The number of aromatic nitrogens is 2. The van der Waals surface area contributed by atoms with Crippen molar-refractivity contribution < 1.29 is 14.0 Å². The molecule has 1 N–H and O–H groups in total. The molecule has 16 heavy (non-hydrogen) atoms. The molecule has 90 valence electrons. The molecular formula is C10H17N3O3. The predicted octanol–water partition coefficient (Wildman–Crippen LogP) is 0.657. The zero-order valence-electron chi connectivity index (χ0n) is 9.44. The van der Waals surface area contributed by atoms with Gasteiger partial charge in [-0.15, -0.1) is 0 Å². The van der Waals surface area contributed by atoms with E-state index in [0.717, 1.165) is 18.8 Å². The third-order valence-electron chi connectivity index (χ3n) is 2.51. The molecule has 0 amide bonds. The quantitative estimate of drug-likeness (QED) is 0.720. The first-order chi connectivity index (χ1) is 7.90. The van der Waals surface area contributed by atoms with Crippen molar-refractivity contribution in [1.82, 2.24) is 15.5 Å². The van der Waals surface area contributed by atoms with Crippen LogP contribution < -0.4 is 5.32 Å². The van der Waals surface area contributed by atoms with Crippen LogP contribution in [0, 0.1) is 0 Å². The van der Waals surface area contributed by atoms with Crippen LogP contribution in [0.2, 0.25) is 0 Å². The molecule has 2 heterocycles. The molecule has 1 aromatic heterocycles. The lowest BCUT2D eigenvalue weighted by molar-refractivity contribution is 0.0494. The summed E-state index contributed by atoms with van der Waals surface area (Å²) < 4.78 is 15.2. The zero-order chi connectivity index (χ0) is 11.2. The monoisotopic (exact) mass is 227 g/mol. The van der Waals surface area contributed by atoms with Gasteiger partial charge in [-0.2, -0.15) is 4.98 Å². The third-order valence-corrected chi connectivity index (χ3v) is 2.51. The summed E-state index contributed by atoms with van der Waals surface area (Å²) >= 11 is 0. The van der Waals surface area contributed by atoms with Crippen LogP contribution >= 0.6 is 0 Å². The highest BCUT2D eigenvalue weighted by atomic mass is 16.5. The molecule has 1 unspecified atom stereocenters. The summed E-state index contributed by atoms with van der Waals surface area (Å²) in [6, 6.07) is 0.247. The summed E-state index contributed by atoms with van der Waals surface area (Å²) in [5.74, 6) is 1.27. The Labute approximate surface area is 94.3 Å². The van der Waals surface area contributed by atoms with Crippen LogP contribution in [0.25, 0.3) is 0 Å². The molecule has 1 atom stereocenters. The van der Waals surface area contributed by atoms with Gasteiger partial charge in [0.25, 0.3) is 5.89 Å². The molecule has 0 bridgehead atoms. The fraction of sp³-hybridized carbons (Fsp3) is 0.800. The number of nitrogens with zero attached hydrogens (tertiary/aromatic N) is 2. The molecule has 0 aromatic carbocycles. The van der Waals surface area contributed by atoms with Crippen LogP contribution in [0.3, 0.4) is 0 Å². The molecule has 1 fully saturated rings. The molecule has 1 saturated heterocycles. The molecular weight excluding hydrogens is 210 g/mol. The van der Waals surface area contributed by atoms with Crippen molar-refractivity contribution in [3.63, 3.8) is 0 Å². The smallest absolute Gasteiger partial charge is 0.252 e. The topological polar surface area (TPSA) is 69.4 Å². The number of methoxy groups -OCH3 is 1. The van der Waals surface area contributed by atoms with Crippen LogP contribution in [0.5, 0.6) is 0 Å². The van der Waals surface area contributed by atoms with Crippen LogP contribution in [0.15, 0.2) is 4.52 Å². The van der Waals surface area contributed by atoms with Crippen LogP contribution in [0.1, 0.15) is 30.6 Å². The van der Waals surface area contributed by atoms with Crippen molar-refractivity contribution in [2.75, 3.05) is 26.9 Å². The van der Waals surface area contributed by atoms with E-state index in [0.29, 0.717) is 25.7 Å². The highest BCUT2D eigenvalue weighted by Gasteiger charge is 2.21. The van der Waals surface area contributed by atoms with Crippen molar-refractivity contribution in [2.45, 2.75) is 25.5 Å². The normalized spacial score (nSPS) is 20.4. The molecule has 1 aromatic rings. The minimum atomic E-state index is 0.247. The Kier molecular flexibility index (Phi) is 4.26. The van der Waals surface area contributed by atoms with Gasteiger partial charge in [-0.3, -0.25) is 0 Å². The van der Waals surface area contributed by atoms with Gasteiger partial charge in [0.2, 0.25) is 0 Å². The van der Waals surface area contributed by atoms with Crippen molar-refractivity contribution in [1.29, 1.82) is 0 Å². The van der Waals surface area contributed by atoms with E-state index in [1.165, 1.54) is 6.42 Å². The summed E-state index contributed by atoms with van der Waals surface area (Å²) in [7, 11) is 1.64. The zero-order valence-corrected chi connectivity index (χ0v) is 9.44. The van der Waals surface area contributed by atoms with E-state index >= 15 is 0 Å². The Morgan fingerprint density at radius 3 is 3.19 bits per heavy atom. The van der Waals surface area contributed by atoms with Gasteiger partial charge >= 0.3 is 0 Å². The first kappa shape index (κ1) is 11.5. The Bertz CT molecular complexity index is 310. The van der Waals surface area contributed by atoms with Gasteiger partial charge in [0.1, 0.15) is 6.61 Å². The minimum absolute atomic E-state index is 0.247. The van der Waals surface area contributed by atoms with Gasteiger partial charge in [0.05, 0.1) is 19.3 Å². The standard InChI is InChI=1S/C10H17N3O3/c1-14-5-6-15-7-9-12-10(13-16-9)8-3-2-4-11-8/h8,11H,2-7H2,1H3. The van der Waals surface area contributed by atoms with Gasteiger partial charge in [0, 0.05) is 7.11 Å². The maximum atomic E-state index is 5.29. The number of rotatable bonds is 6. The van der Waals surface area contributed by atoms with E-state index in [1.54, 1.807) is 7.11 Å². The maximum absolute atomic E-state index is 5.29. The second-order valence-electron chi connectivity index (χ2n) is 3.74. The molecule has 6 heteroatoms. The molecule has 1 aliphatic rings. The van der Waals surface area contributed by atoms with Gasteiger partial charge < -0.3 is 19.3 Å². The molecule has 0 aliphatic carbocycles. The molecule has 6 nitrogen and oxygen atoms in total. The van der Waals surface area contributed by atoms with E-state index in [-0.39, 0.29) is 6.04 Å². The molecule has 0 radical (unpaired) electrons. The first-order valence-electron chi connectivity index (χ1n) is 5.52. The summed E-state index contributed by atoms with van der Waals surface area (Å²) in [5, 5.41) is 7.25. The van der Waals surface area contributed by atoms with E-state index < -0.39 is 0 Å². The van der Waals surface area contributed by atoms with Crippen molar-refractivity contribution >= 4 is 0 Å². The van der Waals surface area contributed by atoms with Gasteiger partial charge in [0.15, 0.2) is 5.82 Å². The lowest BCUT2D eigenvalue weighted by Crippen LogP contribution is -2.14. The van der Waals surface area contributed by atoms with Crippen molar-refractivity contribution in [2.24, 2.45) is 0 Å². The summed E-state index contributed by atoms with van der Waals surface area (Å²) in [6.45, 7) is 2.49. The number of ether oxygens (including phenoxy) is 2. The largest absolute Gasteiger partial charge is 0.382 e. The third kappa shape index (κ3) is 3.01. The van der Waals surface area contributed by atoms with E-state index in [4.69, 9.17) is 14.0 Å². The molecule has 2 rings (SSSR count). The lowest BCUT2D eigenvalue weighted by Gasteiger charge is -2.01. The average Bonchev–Trinajstić information content (AvgIpc) is 2.94. The Morgan fingerprint density at radius 2 is 2.44 bits per heavy atom.